The highest BCUT2D eigenvalue weighted by Gasteiger charge is 2.14. The maximum absolute atomic E-state index is 9.21. The van der Waals surface area contributed by atoms with E-state index < -0.39 is 12.2 Å². The van der Waals surface area contributed by atoms with Crippen LogP contribution in [0, 0.1) is 0 Å². The Morgan fingerprint density at radius 3 is 1.54 bits per heavy atom. The van der Waals surface area contributed by atoms with Gasteiger partial charge in [0.2, 0.25) is 0 Å². The molecule has 2 N–H and O–H groups in total. The molecule has 0 aromatic carbocycles. The minimum atomic E-state index is -0.709. The van der Waals surface area contributed by atoms with Crippen LogP contribution in [0.3, 0.4) is 0 Å². The molecule has 0 aliphatic carbocycles. The van der Waals surface area contributed by atoms with Gasteiger partial charge >= 0.3 is 0 Å². The Kier molecular flexibility index (Phi) is 7.09. The van der Waals surface area contributed by atoms with Crippen LogP contribution in [0.2, 0.25) is 0 Å². The first kappa shape index (κ1) is 13.5. The van der Waals surface area contributed by atoms with Gasteiger partial charge in [-0.05, 0) is 13.8 Å². The predicted octanol–water partition coefficient (Wildman–Crippen LogP) is 0.979. The highest BCUT2D eigenvalue weighted by Crippen LogP contribution is 2.04. The molecule has 3 nitrogen and oxygen atoms in total. The molecule has 80 valence electrons. The SMILES string of the molecule is CC(Cl)C(O)COCC(O)C(C)Cl. The molecule has 0 spiro atoms. The van der Waals surface area contributed by atoms with E-state index in [1.807, 2.05) is 0 Å². The number of hydrogen-bond donors (Lipinski definition) is 2. The van der Waals surface area contributed by atoms with Crippen LogP contribution >= 0.6 is 23.2 Å². The van der Waals surface area contributed by atoms with E-state index >= 15 is 0 Å². The van der Waals surface area contributed by atoms with E-state index in [1.165, 1.54) is 0 Å². The Hall–Kier alpha value is 0.460. The Morgan fingerprint density at radius 2 is 1.31 bits per heavy atom. The molecule has 0 bridgehead atoms. The summed E-state index contributed by atoms with van der Waals surface area (Å²) in [5.41, 5.74) is 0. The molecule has 0 radical (unpaired) electrons. The monoisotopic (exact) mass is 230 g/mol. The molecule has 0 heterocycles. The van der Waals surface area contributed by atoms with Gasteiger partial charge in [0.15, 0.2) is 0 Å². The second-order valence-corrected chi connectivity index (χ2v) is 4.40. The quantitative estimate of drug-likeness (QED) is 0.670. The summed E-state index contributed by atoms with van der Waals surface area (Å²) in [5.74, 6) is 0. The van der Waals surface area contributed by atoms with Gasteiger partial charge in [-0.15, -0.1) is 23.2 Å². The largest absolute Gasteiger partial charge is 0.389 e. The van der Waals surface area contributed by atoms with Crippen LogP contribution in [0.5, 0.6) is 0 Å². The lowest BCUT2D eigenvalue weighted by Crippen LogP contribution is -2.29. The Labute approximate surface area is 88.6 Å². The van der Waals surface area contributed by atoms with E-state index in [4.69, 9.17) is 27.9 Å². The van der Waals surface area contributed by atoms with Crippen LogP contribution in [0.4, 0.5) is 0 Å². The van der Waals surface area contributed by atoms with Crippen molar-refractivity contribution < 1.29 is 14.9 Å². The second kappa shape index (κ2) is 6.85. The molecule has 0 aromatic rings. The van der Waals surface area contributed by atoms with Crippen molar-refractivity contribution in [1.82, 2.24) is 0 Å². The zero-order valence-corrected chi connectivity index (χ0v) is 9.29. The van der Waals surface area contributed by atoms with Crippen molar-refractivity contribution in [2.45, 2.75) is 36.8 Å². The van der Waals surface area contributed by atoms with Crippen molar-refractivity contribution in [1.29, 1.82) is 0 Å². The molecule has 0 rings (SSSR count). The summed E-state index contributed by atoms with van der Waals surface area (Å²) in [6.07, 6.45) is -1.42. The third-order valence-corrected chi connectivity index (χ3v) is 2.22. The average Bonchev–Trinajstić information content (AvgIpc) is 2.03. The zero-order valence-electron chi connectivity index (χ0n) is 7.78. The molecule has 5 heteroatoms. The summed E-state index contributed by atoms with van der Waals surface area (Å²) in [6, 6.07) is 0. The average molecular weight is 231 g/mol. The van der Waals surface area contributed by atoms with Gasteiger partial charge in [-0.1, -0.05) is 0 Å². The standard InChI is InChI=1S/C8H16Cl2O3/c1-5(9)7(11)3-13-4-8(12)6(2)10/h5-8,11-12H,3-4H2,1-2H3. The van der Waals surface area contributed by atoms with Crippen molar-refractivity contribution in [2.75, 3.05) is 13.2 Å². The summed E-state index contributed by atoms with van der Waals surface area (Å²) in [5, 5.41) is 17.7. The van der Waals surface area contributed by atoms with Gasteiger partial charge in [0.1, 0.15) is 0 Å². The lowest BCUT2D eigenvalue weighted by molar-refractivity contribution is -0.00684. The van der Waals surface area contributed by atoms with Crippen LogP contribution in [0.1, 0.15) is 13.8 Å². The highest BCUT2D eigenvalue weighted by molar-refractivity contribution is 6.21. The van der Waals surface area contributed by atoms with E-state index in [2.05, 4.69) is 0 Å². The maximum atomic E-state index is 9.21. The molecular formula is C8H16Cl2O3. The van der Waals surface area contributed by atoms with Crippen molar-refractivity contribution in [2.24, 2.45) is 0 Å². The van der Waals surface area contributed by atoms with Crippen molar-refractivity contribution in [3.8, 4) is 0 Å². The minimum Gasteiger partial charge on any atom is -0.389 e. The lowest BCUT2D eigenvalue weighted by Gasteiger charge is -2.16. The number of aliphatic hydroxyl groups is 2. The van der Waals surface area contributed by atoms with E-state index in [-0.39, 0.29) is 24.0 Å². The molecule has 13 heavy (non-hydrogen) atoms. The lowest BCUT2D eigenvalue weighted by atomic mass is 10.3. The first-order valence-corrected chi connectivity index (χ1v) is 5.04. The number of halogens is 2. The molecule has 4 unspecified atom stereocenters. The summed E-state index contributed by atoms with van der Waals surface area (Å²) < 4.78 is 5.01. The fourth-order valence-electron chi connectivity index (χ4n) is 0.575. The van der Waals surface area contributed by atoms with E-state index in [1.54, 1.807) is 13.8 Å². The first-order chi connectivity index (χ1) is 5.95. The fourth-order valence-corrected chi connectivity index (χ4v) is 0.720. The molecular weight excluding hydrogens is 215 g/mol. The number of ether oxygens (including phenoxy) is 1. The normalized spacial score (nSPS) is 20.8. The number of hydrogen-bond acceptors (Lipinski definition) is 3. The van der Waals surface area contributed by atoms with E-state index in [9.17, 15) is 10.2 Å². The van der Waals surface area contributed by atoms with Gasteiger partial charge < -0.3 is 14.9 Å². The topological polar surface area (TPSA) is 49.7 Å². The van der Waals surface area contributed by atoms with Gasteiger partial charge in [0, 0.05) is 0 Å². The molecule has 0 aliphatic rings. The molecule has 4 atom stereocenters. The van der Waals surface area contributed by atoms with Crippen molar-refractivity contribution in [3.05, 3.63) is 0 Å². The van der Waals surface area contributed by atoms with Gasteiger partial charge in [-0.25, -0.2) is 0 Å². The second-order valence-electron chi connectivity index (χ2n) is 3.03. The van der Waals surface area contributed by atoms with Crippen molar-refractivity contribution >= 4 is 23.2 Å². The summed E-state index contributed by atoms with van der Waals surface area (Å²) in [4.78, 5) is 0. The summed E-state index contributed by atoms with van der Waals surface area (Å²) in [7, 11) is 0. The van der Waals surface area contributed by atoms with Gasteiger partial charge in [-0.3, -0.25) is 0 Å². The zero-order chi connectivity index (χ0) is 10.4. The third kappa shape index (κ3) is 6.52. The van der Waals surface area contributed by atoms with Crippen LogP contribution < -0.4 is 0 Å². The number of rotatable bonds is 6. The highest BCUT2D eigenvalue weighted by atomic mass is 35.5. The van der Waals surface area contributed by atoms with Crippen LogP contribution in [-0.4, -0.2) is 46.4 Å². The van der Waals surface area contributed by atoms with Crippen LogP contribution in [0.15, 0.2) is 0 Å². The molecule has 0 fully saturated rings. The Balaban J connectivity index is 3.45. The molecule has 0 amide bonds. The van der Waals surface area contributed by atoms with Crippen LogP contribution in [0.25, 0.3) is 0 Å². The first-order valence-electron chi connectivity index (χ1n) is 4.17. The number of alkyl halides is 2. The molecule has 0 saturated heterocycles. The fraction of sp³-hybridized carbons (Fsp3) is 1.00. The molecule has 0 aliphatic heterocycles. The number of aliphatic hydroxyl groups excluding tert-OH is 2. The molecule has 0 saturated carbocycles. The predicted molar refractivity (Wildman–Crippen MR) is 53.5 cm³/mol. The summed E-state index contributed by atoms with van der Waals surface area (Å²) >= 11 is 11.2. The smallest absolute Gasteiger partial charge is 0.0934 e. The molecule has 0 aromatic heterocycles. The third-order valence-electron chi connectivity index (χ3n) is 1.64. The van der Waals surface area contributed by atoms with Crippen molar-refractivity contribution in [3.63, 3.8) is 0 Å². The Bertz CT molecular complexity index is 117. The van der Waals surface area contributed by atoms with Crippen LogP contribution in [-0.2, 0) is 4.74 Å². The van der Waals surface area contributed by atoms with Gasteiger partial charge in [0.25, 0.3) is 0 Å². The maximum Gasteiger partial charge on any atom is 0.0934 e. The van der Waals surface area contributed by atoms with E-state index in [0.29, 0.717) is 0 Å². The summed E-state index contributed by atoms with van der Waals surface area (Å²) in [6.45, 7) is 3.59. The van der Waals surface area contributed by atoms with E-state index in [0.717, 1.165) is 0 Å². The van der Waals surface area contributed by atoms with Gasteiger partial charge in [-0.2, -0.15) is 0 Å². The van der Waals surface area contributed by atoms with Gasteiger partial charge in [0.05, 0.1) is 36.2 Å². The minimum absolute atomic E-state index is 0.116. The Morgan fingerprint density at radius 1 is 1.00 bits per heavy atom.